The van der Waals surface area contributed by atoms with Crippen LogP contribution in [0.3, 0.4) is 0 Å². The van der Waals surface area contributed by atoms with Crippen LogP contribution >= 0.6 is 0 Å². The zero-order valence-corrected chi connectivity index (χ0v) is 11.4. The number of carbonyl (C=O) groups is 1. The number of nitrogens with one attached hydrogen (secondary N) is 1. The fourth-order valence-corrected chi connectivity index (χ4v) is 1.98. The second-order valence-electron chi connectivity index (χ2n) is 5.14. The number of nitrogens with zero attached hydrogens (tertiary/aromatic N) is 1. The number of amides is 1. The zero-order chi connectivity index (χ0) is 14.0. The van der Waals surface area contributed by atoms with Crippen LogP contribution in [0.2, 0.25) is 0 Å². The molecule has 1 amide bonds. The van der Waals surface area contributed by atoms with E-state index in [1.165, 1.54) is 25.0 Å². The molecule has 0 spiro atoms. The summed E-state index contributed by atoms with van der Waals surface area (Å²) in [5.74, 6) is -0.727. The molecule has 5 heteroatoms. The molecule has 0 aromatic heterocycles. The van der Waals surface area contributed by atoms with E-state index in [9.17, 15) is 9.18 Å². The molecule has 1 saturated carbocycles. The van der Waals surface area contributed by atoms with Crippen LogP contribution in [0.25, 0.3) is 0 Å². The second kappa shape index (κ2) is 5.57. The van der Waals surface area contributed by atoms with Crippen LogP contribution in [-0.4, -0.2) is 37.0 Å². The predicted molar refractivity (Wildman–Crippen MR) is 73.5 cm³/mol. The number of nitrogen functional groups attached to an aromatic ring is 1. The summed E-state index contributed by atoms with van der Waals surface area (Å²) in [4.78, 5) is 14.1. The van der Waals surface area contributed by atoms with Crippen molar-refractivity contribution in [2.24, 2.45) is 0 Å². The van der Waals surface area contributed by atoms with Crippen molar-refractivity contribution in [2.75, 3.05) is 25.9 Å². The van der Waals surface area contributed by atoms with E-state index in [0.29, 0.717) is 23.8 Å². The van der Waals surface area contributed by atoms with E-state index in [0.717, 1.165) is 6.54 Å². The van der Waals surface area contributed by atoms with Gasteiger partial charge in [-0.05, 0) is 38.9 Å². The maximum absolute atomic E-state index is 13.5. The summed E-state index contributed by atoms with van der Waals surface area (Å²) in [5, 5.41) is 2.78. The molecule has 0 unspecified atom stereocenters. The molecule has 0 bridgehead atoms. The van der Waals surface area contributed by atoms with Gasteiger partial charge in [0.1, 0.15) is 5.82 Å². The minimum absolute atomic E-state index is 0.273. The maximum atomic E-state index is 13.5. The Morgan fingerprint density at radius 2 is 2.21 bits per heavy atom. The van der Waals surface area contributed by atoms with Crippen molar-refractivity contribution in [1.29, 1.82) is 0 Å². The fourth-order valence-electron chi connectivity index (χ4n) is 1.98. The summed E-state index contributed by atoms with van der Waals surface area (Å²) < 4.78 is 13.5. The van der Waals surface area contributed by atoms with E-state index < -0.39 is 5.82 Å². The van der Waals surface area contributed by atoms with Crippen LogP contribution in [0, 0.1) is 12.7 Å². The van der Waals surface area contributed by atoms with E-state index in [1.807, 2.05) is 7.05 Å². The van der Waals surface area contributed by atoms with Crippen molar-refractivity contribution in [3.8, 4) is 0 Å². The van der Waals surface area contributed by atoms with Gasteiger partial charge < -0.3 is 16.0 Å². The molecule has 0 atom stereocenters. The van der Waals surface area contributed by atoms with Crippen LogP contribution in [-0.2, 0) is 0 Å². The highest BCUT2D eigenvalue weighted by molar-refractivity contribution is 5.95. The Morgan fingerprint density at radius 1 is 1.53 bits per heavy atom. The second-order valence-corrected chi connectivity index (χ2v) is 5.14. The zero-order valence-electron chi connectivity index (χ0n) is 11.4. The summed E-state index contributed by atoms with van der Waals surface area (Å²) in [6, 6.07) is 3.41. The molecule has 0 aliphatic heterocycles. The van der Waals surface area contributed by atoms with Gasteiger partial charge in [0.05, 0.1) is 0 Å². The first-order valence-corrected chi connectivity index (χ1v) is 6.53. The number of nitrogens with two attached hydrogens (primary N) is 1. The summed E-state index contributed by atoms with van der Waals surface area (Å²) >= 11 is 0. The number of rotatable bonds is 5. The van der Waals surface area contributed by atoms with Gasteiger partial charge in [0.2, 0.25) is 0 Å². The summed E-state index contributed by atoms with van der Waals surface area (Å²) in [6.45, 7) is 2.96. The Balaban J connectivity index is 1.88. The van der Waals surface area contributed by atoms with Gasteiger partial charge in [0, 0.05) is 35.9 Å². The topological polar surface area (TPSA) is 58.4 Å². The third-order valence-electron chi connectivity index (χ3n) is 3.57. The molecule has 1 aliphatic rings. The molecule has 1 aromatic rings. The number of benzene rings is 1. The van der Waals surface area contributed by atoms with Crippen molar-refractivity contribution in [3.63, 3.8) is 0 Å². The van der Waals surface area contributed by atoms with Crippen molar-refractivity contribution in [3.05, 3.63) is 29.1 Å². The molecule has 1 aromatic carbocycles. The van der Waals surface area contributed by atoms with Gasteiger partial charge in [-0.1, -0.05) is 0 Å². The fraction of sp³-hybridized carbons (Fsp3) is 0.500. The first kappa shape index (κ1) is 13.8. The van der Waals surface area contributed by atoms with E-state index in [2.05, 4.69) is 10.2 Å². The van der Waals surface area contributed by atoms with Gasteiger partial charge in [0.15, 0.2) is 0 Å². The largest absolute Gasteiger partial charge is 0.398 e. The first-order chi connectivity index (χ1) is 8.99. The van der Waals surface area contributed by atoms with Gasteiger partial charge in [-0.15, -0.1) is 0 Å². The minimum Gasteiger partial charge on any atom is -0.398 e. The van der Waals surface area contributed by atoms with Gasteiger partial charge >= 0.3 is 0 Å². The van der Waals surface area contributed by atoms with E-state index >= 15 is 0 Å². The number of likely N-dealkylation sites (N-methyl/N-ethyl adjacent to an activating group) is 1. The number of hydrogen-bond acceptors (Lipinski definition) is 3. The molecule has 19 heavy (non-hydrogen) atoms. The van der Waals surface area contributed by atoms with Crippen LogP contribution in [0.15, 0.2) is 12.1 Å². The maximum Gasteiger partial charge on any atom is 0.251 e. The summed E-state index contributed by atoms with van der Waals surface area (Å²) in [5.41, 5.74) is 6.61. The number of anilines is 1. The highest BCUT2D eigenvalue weighted by atomic mass is 19.1. The smallest absolute Gasteiger partial charge is 0.251 e. The highest BCUT2D eigenvalue weighted by Crippen LogP contribution is 2.24. The monoisotopic (exact) mass is 265 g/mol. The number of halogens is 1. The Bertz CT molecular complexity index is 463. The van der Waals surface area contributed by atoms with Crippen molar-refractivity contribution in [2.45, 2.75) is 25.8 Å². The molecule has 3 N–H and O–H groups in total. The predicted octanol–water partition coefficient (Wildman–Crippen LogP) is 1.54. The Morgan fingerprint density at radius 3 is 2.79 bits per heavy atom. The van der Waals surface area contributed by atoms with E-state index in [-0.39, 0.29) is 11.5 Å². The molecule has 0 heterocycles. The van der Waals surface area contributed by atoms with Gasteiger partial charge in [-0.25, -0.2) is 4.39 Å². The number of carbonyl (C=O) groups excluding carboxylic acids is 1. The summed E-state index contributed by atoms with van der Waals surface area (Å²) in [7, 11) is 2.05. The van der Waals surface area contributed by atoms with Crippen molar-refractivity contribution in [1.82, 2.24) is 10.2 Å². The lowest BCUT2D eigenvalue weighted by molar-refractivity contribution is 0.0949. The Hall–Kier alpha value is -1.62. The molecule has 4 nitrogen and oxygen atoms in total. The molecule has 1 aliphatic carbocycles. The molecular weight excluding hydrogens is 245 g/mol. The lowest BCUT2D eigenvalue weighted by atomic mass is 10.1. The Labute approximate surface area is 112 Å². The van der Waals surface area contributed by atoms with Crippen LogP contribution < -0.4 is 11.1 Å². The van der Waals surface area contributed by atoms with Crippen LogP contribution in [0.4, 0.5) is 10.1 Å². The molecule has 2 rings (SSSR count). The average molecular weight is 265 g/mol. The van der Waals surface area contributed by atoms with E-state index in [4.69, 9.17) is 5.73 Å². The van der Waals surface area contributed by atoms with Crippen LogP contribution in [0.1, 0.15) is 28.8 Å². The quantitative estimate of drug-likeness (QED) is 0.794. The lowest BCUT2D eigenvalue weighted by Gasteiger charge is -2.15. The molecule has 104 valence electrons. The normalized spacial score (nSPS) is 14.7. The molecule has 0 radical (unpaired) electrons. The standard InChI is InChI=1S/C14H20FN3O/c1-9-12(15)7-10(8-13(9)16)14(19)17-5-6-18(2)11-3-4-11/h7-8,11H,3-6,16H2,1-2H3,(H,17,19). The van der Waals surface area contributed by atoms with Crippen LogP contribution in [0.5, 0.6) is 0 Å². The SMILES string of the molecule is Cc1c(N)cc(C(=O)NCCN(C)C2CC2)cc1F. The lowest BCUT2D eigenvalue weighted by Crippen LogP contribution is -2.34. The molecule has 1 fully saturated rings. The first-order valence-electron chi connectivity index (χ1n) is 6.53. The third kappa shape index (κ3) is 3.44. The van der Waals surface area contributed by atoms with Crippen molar-refractivity contribution < 1.29 is 9.18 Å². The minimum atomic E-state index is -0.444. The number of hydrogen-bond donors (Lipinski definition) is 2. The van der Waals surface area contributed by atoms with E-state index in [1.54, 1.807) is 6.92 Å². The van der Waals surface area contributed by atoms with Crippen molar-refractivity contribution >= 4 is 11.6 Å². The van der Waals surface area contributed by atoms with Gasteiger partial charge in [-0.3, -0.25) is 4.79 Å². The molecule has 0 saturated heterocycles. The van der Waals surface area contributed by atoms with Gasteiger partial charge in [0.25, 0.3) is 5.91 Å². The Kier molecular flexibility index (Phi) is 4.04. The summed E-state index contributed by atoms with van der Waals surface area (Å²) in [6.07, 6.45) is 2.48. The third-order valence-corrected chi connectivity index (χ3v) is 3.57. The van der Waals surface area contributed by atoms with Gasteiger partial charge in [-0.2, -0.15) is 0 Å². The highest BCUT2D eigenvalue weighted by Gasteiger charge is 2.25. The average Bonchev–Trinajstić information content (AvgIpc) is 3.19. The molecular formula is C14H20FN3O.